The molecular formula is C16H20N2O3. The molecule has 5 nitrogen and oxygen atoms in total. The summed E-state index contributed by atoms with van der Waals surface area (Å²) in [6, 6.07) is 5.91. The van der Waals surface area contributed by atoms with E-state index in [2.05, 4.69) is 17.0 Å². The van der Waals surface area contributed by atoms with Gasteiger partial charge in [-0.15, -0.1) is 0 Å². The highest BCUT2D eigenvalue weighted by Gasteiger charge is 2.20. The van der Waals surface area contributed by atoms with E-state index in [0.29, 0.717) is 12.3 Å². The van der Waals surface area contributed by atoms with E-state index in [-0.39, 0.29) is 0 Å². The third kappa shape index (κ3) is 3.29. The van der Waals surface area contributed by atoms with Gasteiger partial charge in [0.15, 0.2) is 0 Å². The van der Waals surface area contributed by atoms with Gasteiger partial charge in [-0.2, -0.15) is 5.26 Å². The third-order valence-corrected chi connectivity index (χ3v) is 3.62. The highest BCUT2D eigenvalue weighted by molar-refractivity contribution is 5.77. The van der Waals surface area contributed by atoms with Gasteiger partial charge in [-0.25, -0.2) is 0 Å². The SMILES string of the molecule is COc1cc(OC)c(C2=CCN(CC#N)CC2)c(OC)c1. The fourth-order valence-corrected chi connectivity index (χ4v) is 2.50. The van der Waals surface area contributed by atoms with Crippen molar-refractivity contribution >= 4 is 5.57 Å². The topological polar surface area (TPSA) is 54.7 Å². The van der Waals surface area contributed by atoms with Crippen molar-refractivity contribution in [3.05, 3.63) is 23.8 Å². The van der Waals surface area contributed by atoms with Gasteiger partial charge in [-0.3, -0.25) is 4.90 Å². The minimum absolute atomic E-state index is 0.459. The maximum absolute atomic E-state index is 8.76. The van der Waals surface area contributed by atoms with Crippen LogP contribution in [-0.2, 0) is 0 Å². The number of nitrogens with zero attached hydrogens (tertiary/aromatic N) is 2. The monoisotopic (exact) mass is 288 g/mol. The van der Waals surface area contributed by atoms with Crippen molar-refractivity contribution in [3.63, 3.8) is 0 Å². The molecular weight excluding hydrogens is 268 g/mol. The van der Waals surface area contributed by atoms with Crippen LogP contribution in [0, 0.1) is 11.3 Å². The van der Waals surface area contributed by atoms with Crippen LogP contribution in [0.2, 0.25) is 0 Å². The highest BCUT2D eigenvalue weighted by Crippen LogP contribution is 2.40. The fraction of sp³-hybridized carbons (Fsp3) is 0.438. The molecule has 2 rings (SSSR count). The van der Waals surface area contributed by atoms with E-state index >= 15 is 0 Å². The molecule has 0 spiro atoms. The zero-order chi connectivity index (χ0) is 15.2. The molecule has 0 N–H and O–H groups in total. The molecule has 112 valence electrons. The van der Waals surface area contributed by atoms with E-state index in [1.807, 2.05) is 12.1 Å². The van der Waals surface area contributed by atoms with Crippen LogP contribution in [0.25, 0.3) is 5.57 Å². The van der Waals surface area contributed by atoms with Crippen LogP contribution in [0.5, 0.6) is 17.2 Å². The van der Waals surface area contributed by atoms with E-state index in [4.69, 9.17) is 19.5 Å². The van der Waals surface area contributed by atoms with Gasteiger partial charge in [-0.1, -0.05) is 6.08 Å². The Morgan fingerprint density at radius 2 is 1.81 bits per heavy atom. The second-order valence-electron chi connectivity index (χ2n) is 4.78. The molecule has 1 heterocycles. The lowest BCUT2D eigenvalue weighted by Gasteiger charge is -2.25. The Hall–Kier alpha value is -2.19. The largest absolute Gasteiger partial charge is 0.496 e. The minimum atomic E-state index is 0.459. The van der Waals surface area contributed by atoms with Gasteiger partial charge < -0.3 is 14.2 Å². The molecule has 0 atom stereocenters. The van der Waals surface area contributed by atoms with Crippen LogP contribution in [-0.4, -0.2) is 45.9 Å². The first-order valence-electron chi connectivity index (χ1n) is 6.82. The summed E-state index contributed by atoms with van der Waals surface area (Å²) < 4.78 is 16.2. The average molecular weight is 288 g/mol. The van der Waals surface area contributed by atoms with Gasteiger partial charge in [0.05, 0.1) is 39.5 Å². The van der Waals surface area contributed by atoms with Gasteiger partial charge in [0.25, 0.3) is 0 Å². The maximum Gasteiger partial charge on any atom is 0.133 e. The molecule has 0 radical (unpaired) electrons. The van der Waals surface area contributed by atoms with E-state index in [9.17, 15) is 0 Å². The number of methoxy groups -OCH3 is 3. The molecule has 1 aliphatic heterocycles. The molecule has 0 saturated heterocycles. The third-order valence-electron chi connectivity index (χ3n) is 3.62. The van der Waals surface area contributed by atoms with Crippen LogP contribution in [0.1, 0.15) is 12.0 Å². The second kappa shape index (κ2) is 7.00. The number of hydrogen-bond donors (Lipinski definition) is 0. The summed E-state index contributed by atoms with van der Waals surface area (Å²) in [5.41, 5.74) is 2.15. The first-order chi connectivity index (χ1) is 10.2. The van der Waals surface area contributed by atoms with E-state index in [0.717, 1.165) is 36.6 Å². The summed E-state index contributed by atoms with van der Waals surface area (Å²) in [4.78, 5) is 2.10. The van der Waals surface area contributed by atoms with Crippen molar-refractivity contribution in [1.82, 2.24) is 4.90 Å². The molecule has 0 unspecified atom stereocenters. The number of rotatable bonds is 5. The maximum atomic E-state index is 8.76. The van der Waals surface area contributed by atoms with E-state index in [1.165, 1.54) is 5.57 Å². The Bertz CT molecular complexity index is 550. The van der Waals surface area contributed by atoms with Crippen molar-refractivity contribution in [2.75, 3.05) is 41.0 Å². The van der Waals surface area contributed by atoms with Crippen LogP contribution >= 0.6 is 0 Å². The first-order valence-corrected chi connectivity index (χ1v) is 6.82. The van der Waals surface area contributed by atoms with Crippen LogP contribution in [0.3, 0.4) is 0 Å². The van der Waals surface area contributed by atoms with Gasteiger partial charge in [0.2, 0.25) is 0 Å². The molecule has 0 amide bonds. The lowest BCUT2D eigenvalue weighted by atomic mass is 9.97. The predicted octanol–water partition coefficient (Wildman–Crippen LogP) is 2.33. The number of ether oxygens (including phenoxy) is 3. The summed E-state index contributed by atoms with van der Waals surface area (Å²) >= 11 is 0. The quantitative estimate of drug-likeness (QED) is 0.778. The van der Waals surface area contributed by atoms with Crippen LogP contribution < -0.4 is 14.2 Å². The molecule has 0 saturated carbocycles. The van der Waals surface area contributed by atoms with Gasteiger partial charge >= 0.3 is 0 Å². The Kier molecular flexibility index (Phi) is 5.07. The Labute approximate surface area is 125 Å². The molecule has 0 aliphatic carbocycles. The van der Waals surface area contributed by atoms with Gasteiger partial charge in [-0.05, 0) is 12.0 Å². The van der Waals surface area contributed by atoms with Crippen molar-refractivity contribution in [2.24, 2.45) is 0 Å². The predicted molar refractivity (Wildman–Crippen MR) is 80.7 cm³/mol. The average Bonchev–Trinajstić information content (AvgIpc) is 2.54. The smallest absolute Gasteiger partial charge is 0.133 e. The summed E-state index contributed by atoms with van der Waals surface area (Å²) in [6.45, 7) is 2.08. The Balaban J connectivity index is 2.37. The van der Waals surface area contributed by atoms with Crippen molar-refractivity contribution < 1.29 is 14.2 Å². The minimum Gasteiger partial charge on any atom is -0.496 e. The summed E-state index contributed by atoms with van der Waals surface area (Å²) in [5.74, 6) is 2.19. The zero-order valence-electron chi connectivity index (χ0n) is 12.7. The van der Waals surface area contributed by atoms with Crippen molar-refractivity contribution in [1.29, 1.82) is 5.26 Å². The summed E-state index contributed by atoms with van der Waals surface area (Å²) in [5, 5.41) is 8.76. The molecule has 1 aromatic rings. The molecule has 0 fully saturated rings. The lowest BCUT2D eigenvalue weighted by Crippen LogP contribution is -2.28. The normalized spacial score (nSPS) is 15.0. The van der Waals surface area contributed by atoms with Crippen molar-refractivity contribution in [3.8, 4) is 23.3 Å². The lowest BCUT2D eigenvalue weighted by molar-refractivity contribution is 0.336. The number of nitriles is 1. The molecule has 0 aromatic heterocycles. The zero-order valence-corrected chi connectivity index (χ0v) is 12.7. The summed E-state index contributed by atoms with van der Waals surface area (Å²) in [6.07, 6.45) is 2.99. The highest BCUT2D eigenvalue weighted by atomic mass is 16.5. The molecule has 1 aromatic carbocycles. The molecule has 1 aliphatic rings. The summed E-state index contributed by atoms with van der Waals surface area (Å²) in [7, 11) is 4.90. The first kappa shape index (κ1) is 15.2. The van der Waals surface area contributed by atoms with Crippen LogP contribution in [0.4, 0.5) is 0 Å². The standard InChI is InChI=1S/C16H20N2O3/c1-19-13-10-14(20-2)16(15(11-13)21-3)12-4-7-18(8-5-12)9-6-17/h4,10-11H,5,7-9H2,1-3H3. The second-order valence-corrected chi connectivity index (χ2v) is 4.78. The van der Waals surface area contributed by atoms with Crippen LogP contribution in [0.15, 0.2) is 18.2 Å². The van der Waals surface area contributed by atoms with Crippen molar-refractivity contribution in [2.45, 2.75) is 6.42 Å². The molecule has 21 heavy (non-hydrogen) atoms. The molecule has 0 bridgehead atoms. The number of hydrogen-bond acceptors (Lipinski definition) is 5. The van der Waals surface area contributed by atoms with Gasteiger partial charge in [0.1, 0.15) is 17.2 Å². The van der Waals surface area contributed by atoms with E-state index < -0.39 is 0 Å². The molecule has 5 heteroatoms. The van der Waals surface area contributed by atoms with E-state index in [1.54, 1.807) is 21.3 Å². The Morgan fingerprint density at radius 3 is 2.24 bits per heavy atom. The fourth-order valence-electron chi connectivity index (χ4n) is 2.50. The van der Waals surface area contributed by atoms with Gasteiger partial charge in [0, 0.05) is 25.2 Å². The Morgan fingerprint density at radius 1 is 1.14 bits per heavy atom. The number of benzene rings is 1.